The third kappa shape index (κ3) is 5.79. The summed E-state index contributed by atoms with van der Waals surface area (Å²) in [7, 11) is 0. The zero-order chi connectivity index (χ0) is 5.70. The van der Waals surface area contributed by atoms with E-state index in [2.05, 4.69) is 0 Å². The van der Waals surface area contributed by atoms with Crippen LogP contribution in [0.2, 0.25) is 0 Å². The van der Waals surface area contributed by atoms with Gasteiger partial charge in [-0.2, -0.15) is 0 Å². The van der Waals surface area contributed by atoms with Gasteiger partial charge in [0.25, 0.3) is 0 Å². The van der Waals surface area contributed by atoms with E-state index in [-0.39, 0.29) is 10.6 Å². The van der Waals surface area contributed by atoms with Crippen molar-refractivity contribution >= 4 is 0 Å². The van der Waals surface area contributed by atoms with Gasteiger partial charge in [-0.3, -0.25) is 13.5 Å². The first kappa shape index (κ1) is 10.7. The van der Waals surface area contributed by atoms with Crippen LogP contribution in [0, 0.1) is 5.92 Å². The highest BCUT2D eigenvalue weighted by molar-refractivity contribution is 4.46. The van der Waals surface area contributed by atoms with Crippen molar-refractivity contribution in [1.29, 1.82) is 0 Å². The molecule has 0 amide bonds. The normalized spacial score (nSPS) is 12.4. The third-order valence-electron chi connectivity index (χ3n) is 0.865. The fourth-order valence-electron chi connectivity index (χ4n) is 0.263. The van der Waals surface area contributed by atoms with E-state index in [4.69, 9.17) is 0 Å². The van der Waals surface area contributed by atoms with Crippen molar-refractivity contribution in [3.63, 3.8) is 0 Å². The Morgan fingerprint density at radius 3 is 2.00 bits per heavy atom. The smallest absolute Gasteiger partial charge is 0.0920 e. The summed E-state index contributed by atoms with van der Waals surface area (Å²) in [6.45, 7) is 0.897. The lowest BCUT2D eigenvalue weighted by Gasteiger charge is -1.98. The maximum Gasteiger partial charge on any atom is 0.0920 e. The summed E-state index contributed by atoms with van der Waals surface area (Å²) in [6, 6.07) is 0. The molecule has 0 fully saturated rings. The topological polar surface area (TPSA) is 0 Å². The Morgan fingerprint density at radius 2 is 1.88 bits per heavy atom. The molecule has 0 rings (SSSR count). The maximum atomic E-state index is 11.4. The Bertz CT molecular complexity index is 38.7. The molecule has 0 aromatic rings. The van der Waals surface area contributed by atoms with E-state index in [1.54, 1.807) is 6.92 Å². The summed E-state index contributed by atoms with van der Waals surface area (Å²) in [5.74, 6) is -0.0926. The van der Waals surface area contributed by atoms with Crippen LogP contribution in [0.25, 0.3) is 0 Å². The monoisotopic (exact) mass is 128 g/mol. The molecule has 0 N–H and O–H groups in total. The van der Waals surface area contributed by atoms with Crippen molar-refractivity contribution in [2.24, 2.45) is 5.92 Å². The molecule has 0 aliphatic carbocycles. The Labute approximate surface area is 47.3 Å². The van der Waals surface area contributed by atoms with Crippen LogP contribution in [0.3, 0.4) is 0 Å². The predicted molar refractivity (Wildman–Crippen MR) is 28.2 cm³/mol. The minimum absolute atomic E-state index is 0. The second-order valence-electron chi connectivity index (χ2n) is 1.74. The van der Waals surface area contributed by atoms with Crippen LogP contribution in [-0.2, 0) is 0 Å². The first-order valence-corrected chi connectivity index (χ1v) is 2.43. The molecule has 0 aromatic heterocycles. The van der Waals surface area contributed by atoms with Gasteiger partial charge in [-0.1, -0.05) is 6.92 Å². The molecular weight excluding hydrogens is 117 g/mol. The Morgan fingerprint density at radius 1 is 1.38 bits per heavy atom. The SMILES string of the molecule is CC(CF)CCF.F. The fraction of sp³-hybridized carbons (Fsp3) is 1.00. The van der Waals surface area contributed by atoms with Gasteiger partial charge in [-0.15, -0.1) is 0 Å². The summed E-state index contributed by atoms with van der Waals surface area (Å²) >= 11 is 0. The average Bonchev–Trinajstić information content (AvgIpc) is 1.68. The number of halogens is 3. The standard InChI is InChI=1S/C5H10F2.FH/c1-5(4-7)2-3-6;/h5H,2-4H2,1H3;1H. The van der Waals surface area contributed by atoms with Gasteiger partial charge in [-0.05, 0) is 12.3 Å². The minimum atomic E-state index is -0.399. The zero-order valence-electron chi connectivity index (χ0n) is 4.86. The van der Waals surface area contributed by atoms with Gasteiger partial charge in [0.2, 0.25) is 0 Å². The second kappa shape index (κ2) is 6.79. The van der Waals surface area contributed by atoms with E-state index in [1.165, 1.54) is 0 Å². The number of rotatable bonds is 3. The fourth-order valence-corrected chi connectivity index (χ4v) is 0.263. The first-order chi connectivity index (χ1) is 3.31. The van der Waals surface area contributed by atoms with Gasteiger partial charge in [-0.25, -0.2) is 0 Å². The van der Waals surface area contributed by atoms with E-state index in [1.807, 2.05) is 0 Å². The van der Waals surface area contributed by atoms with E-state index < -0.39 is 13.3 Å². The van der Waals surface area contributed by atoms with Crippen LogP contribution >= 0.6 is 0 Å². The molecule has 1 unspecified atom stereocenters. The van der Waals surface area contributed by atoms with Crippen molar-refractivity contribution in [2.45, 2.75) is 13.3 Å². The van der Waals surface area contributed by atoms with Crippen LogP contribution in [0.1, 0.15) is 13.3 Å². The summed E-state index contributed by atoms with van der Waals surface area (Å²) in [6.07, 6.45) is 0.358. The van der Waals surface area contributed by atoms with Crippen molar-refractivity contribution in [1.82, 2.24) is 0 Å². The molecule has 52 valence electrons. The molecule has 0 spiro atoms. The number of hydrogen-bond donors (Lipinski definition) is 0. The van der Waals surface area contributed by atoms with Crippen LogP contribution < -0.4 is 0 Å². The van der Waals surface area contributed by atoms with Crippen LogP contribution in [0.15, 0.2) is 0 Å². The highest BCUT2D eigenvalue weighted by Gasteiger charge is 1.97. The van der Waals surface area contributed by atoms with E-state index in [0.717, 1.165) is 0 Å². The minimum Gasteiger partial charge on any atom is -0.269 e. The zero-order valence-corrected chi connectivity index (χ0v) is 4.86. The molecular formula is C5H11F3. The van der Waals surface area contributed by atoms with Crippen molar-refractivity contribution < 1.29 is 13.5 Å². The second-order valence-corrected chi connectivity index (χ2v) is 1.74. The summed E-state index contributed by atoms with van der Waals surface area (Å²) in [4.78, 5) is 0. The van der Waals surface area contributed by atoms with Crippen molar-refractivity contribution in [3.8, 4) is 0 Å². The van der Waals surface area contributed by atoms with Gasteiger partial charge >= 0.3 is 0 Å². The molecule has 0 nitrogen and oxygen atoms in total. The number of hydrogen-bond acceptors (Lipinski definition) is 0. The van der Waals surface area contributed by atoms with Gasteiger partial charge in [0.15, 0.2) is 0 Å². The van der Waals surface area contributed by atoms with E-state index >= 15 is 0 Å². The molecule has 1 atom stereocenters. The molecule has 8 heavy (non-hydrogen) atoms. The summed E-state index contributed by atoms with van der Waals surface area (Å²) in [5, 5.41) is 0. The Hall–Kier alpha value is -0.210. The lowest BCUT2D eigenvalue weighted by atomic mass is 10.1. The quantitative estimate of drug-likeness (QED) is 0.546. The van der Waals surface area contributed by atoms with Gasteiger partial charge < -0.3 is 0 Å². The van der Waals surface area contributed by atoms with Crippen LogP contribution in [0.4, 0.5) is 13.5 Å². The molecule has 0 aliphatic rings. The molecule has 3 heteroatoms. The molecule has 0 saturated heterocycles. The van der Waals surface area contributed by atoms with E-state index in [0.29, 0.717) is 6.42 Å². The summed E-state index contributed by atoms with van der Waals surface area (Å²) < 4.78 is 22.7. The van der Waals surface area contributed by atoms with Crippen LogP contribution in [0.5, 0.6) is 0 Å². The molecule has 0 aliphatic heterocycles. The first-order valence-electron chi connectivity index (χ1n) is 2.43. The molecule has 0 bridgehead atoms. The third-order valence-corrected chi connectivity index (χ3v) is 0.865. The van der Waals surface area contributed by atoms with Gasteiger partial charge in [0.05, 0.1) is 13.3 Å². The average molecular weight is 128 g/mol. The van der Waals surface area contributed by atoms with Crippen LogP contribution in [-0.4, -0.2) is 13.3 Å². The Balaban J connectivity index is 0. The van der Waals surface area contributed by atoms with Crippen molar-refractivity contribution in [3.05, 3.63) is 0 Å². The molecule has 0 radical (unpaired) electrons. The highest BCUT2D eigenvalue weighted by Crippen LogP contribution is 2.00. The highest BCUT2D eigenvalue weighted by atomic mass is 19.1. The molecule has 0 heterocycles. The summed E-state index contributed by atoms with van der Waals surface area (Å²) in [5.41, 5.74) is 0. The molecule has 0 aromatic carbocycles. The lowest BCUT2D eigenvalue weighted by Crippen LogP contribution is -1.96. The van der Waals surface area contributed by atoms with Gasteiger partial charge in [0.1, 0.15) is 0 Å². The lowest BCUT2D eigenvalue weighted by molar-refractivity contribution is 0.329. The maximum absolute atomic E-state index is 11.4. The molecule has 0 saturated carbocycles. The Kier molecular flexibility index (Phi) is 9.09. The van der Waals surface area contributed by atoms with Crippen molar-refractivity contribution in [2.75, 3.05) is 13.3 Å². The number of alkyl halides is 2. The predicted octanol–water partition coefficient (Wildman–Crippen LogP) is 2.10. The van der Waals surface area contributed by atoms with Gasteiger partial charge in [0, 0.05) is 0 Å². The largest absolute Gasteiger partial charge is 0.269 e. The van der Waals surface area contributed by atoms with E-state index in [9.17, 15) is 8.78 Å².